The van der Waals surface area contributed by atoms with Crippen molar-refractivity contribution in [2.45, 2.75) is 108 Å². The number of morpholine rings is 1. The van der Waals surface area contributed by atoms with Gasteiger partial charge in [0.2, 0.25) is 17.7 Å². The molecule has 2 saturated heterocycles. The van der Waals surface area contributed by atoms with Crippen LogP contribution in [-0.4, -0.2) is 121 Å². The molecule has 2 aromatic rings. The molecule has 0 spiro atoms. The Labute approximate surface area is 344 Å². The topological polar surface area (TPSA) is 192 Å². The Morgan fingerprint density at radius 1 is 0.983 bits per heavy atom. The molecule has 58 heavy (non-hydrogen) atoms. The number of nitrogens with two attached hydrogens (primary N) is 1. The van der Waals surface area contributed by atoms with Crippen molar-refractivity contribution in [2.24, 2.45) is 29.4 Å². The Balaban J connectivity index is 1.00. The summed E-state index contributed by atoms with van der Waals surface area (Å²) in [5.41, 5.74) is 6.34. The van der Waals surface area contributed by atoms with E-state index in [9.17, 15) is 19.2 Å². The van der Waals surface area contributed by atoms with Crippen LogP contribution in [0, 0.1) is 23.7 Å². The number of primary amides is 1. The second kappa shape index (κ2) is 19.3. The number of halogens is 1. The fourth-order valence-corrected chi connectivity index (χ4v) is 9.26. The SMILES string of the molecule is CCOc1cc(O[C@@H]2C[C@@H](C(N)=O)N(C(=O)[C@H](CCCCCCC[C@@H]3C[C@@H]3C(=O)O)NC(=O)OC3C[C@@H]4C[C@@H]4C3)C2)c2ccc(OCCN3CCOCC3)c(Cl)c2n1. The third-order valence-corrected chi connectivity index (χ3v) is 12.8. The number of ether oxygens (including phenoxy) is 5. The molecule has 5 aliphatic rings. The van der Waals surface area contributed by atoms with Gasteiger partial charge in [-0.3, -0.25) is 19.3 Å². The van der Waals surface area contributed by atoms with E-state index < -0.39 is 42.1 Å². The van der Waals surface area contributed by atoms with Crippen molar-refractivity contribution in [1.29, 1.82) is 0 Å². The molecule has 3 saturated carbocycles. The van der Waals surface area contributed by atoms with Crippen LogP contribution >= 0.6 is 11.6 Å². The van der Waals surface area contributed by atoms with Gasteiger partial charge in [-0.15, -0.1) is 0 Å². The first-order valence-electron chi connectivity index (χ1n) is 21.2. The lowest BCUT2D eigenvalue weighted by Crippen LogP contribution is -2.53. The first-order chi connectivity index (χ1) is 28.1. The van der Waals surface area contributed by atoms with Gasteiger partial charge in [-0.05, 0) is 75.3 Å². The van der Waals surface area contributed by atoms with Gasteiger partial charge in [0.15, 0.2) is 0 Å². The van der Waals surface area contributed by atoms with Crippen molar-refractivity contribution in [1.82, 2.24) is 20.1 Å². The molecule has 15 nitrogen and oxygen atoms in total. The molecule has 5 fully saturated rings. The Bertz CT molecular complexity index is 1780. The summed E-state index contributed by atoms with van der Waals surface area (Å²) in [6, 6.07) is 3.41. The maximum atomic E-state index is 14.3. The Kier molecular flexibility index (Phi) is 14.0. The molecule has 3 amide bonds. The number of rotatable bonds is 21. The van der Waals surface area contributed by atoms with Gasteiger partial charge in [-0.2, -0.15) is 0 Å². The number of benzene rings is 1. The molecule has 318 valence electrons. The zero-order valence-corrected chi connectivity index (χ0v) is 34.2. The number of carboxylic acids is 1. The number of fused-ring (bicyclic) bond motifs is 2. The first-order valence-corrected chi connectivity index (χ1v) is 21.6. The average Bonchev–Trinajstić information content (AvgIpc) is 4.06. The number of carbonyl (C=O) groups excluding carboxylic acids is 3. The Hall–Kier alpha value is -4.08. The van der Waals surface area contributed by atoms with Crippen LogP contribution in [0.1, 0.15) is 84.0 Å². The minimum atomic E-state index is -0.952. The average molecular weight is 828 g/mol. The molecule has 3 heterocycles. The van der Waals surface area contributed by atoms with E-state index in [1.807, 2.05) is 13.0 Å². The lowest BCUT2D eigenvalue weighted by Gasteiger charge is -2.28. The maximum absolute atomic E-state index is 14.3. The predicted octanol–water partition coefficient (Wildman–Crippen LogP) is 5.18. The number of nitrogens with zero attached hydrogens (tertiary/aromatic N) is 3. The molecule has 16 heteroatoms. The maximum Gasteiger partial charge on any atom is 0.408 e. The van der Waals surface area contributed by atoms with Gasteiger partial charge in [0, 0.05) is 37.5 Å². The number of alkyl carbamates (subject to hydrolysis) is 1. The fourth-order valence-electron chi connectivity index (χ4n) is 9.00. The third-order valence-electron chi connectivity index (χ3n) is 12.4. The molecule has 0 radical (unpaired) electrons. The summed E-state index contributed by atoms with van der Waals surface area (Å²) in [5, 5.41) is 12.9. The highest BCUT2D eigenvalue weighted by Crippen LogP contribution is 2.52. The number of pyridine rings is 1. The standard InChI is InChI=1S/C42H58ClN5O10/c1-2-55-36-23-35(30-10-11-34(37(43)38(30)46-36)56-17-14-47-12-15-54-16-13-47)57-29-22-33(39(44)49)48(24-29)40(50)32(45-42(53)58-28-19-26-18-27(26)20-28)9-7-5-3-4-6-8-25-21-31(25)41(51)52/h10-11,23,25-29,31-33H,2-9,12-22,24H2,1H3,(H2,44,49)(H,45,53)(H,51,52)/t25-,26-,27+,28?,29-,31+,32+,33+/m1/s1. The summed E-state index contributed by atoms with van der Waals surface area (Å²) in [5.74, 6) is 0.782. The van der Waals surface area contributed by atoms with Gasteiger partial charge in [-0.1, -0.05) is 43.7 Å². The number of nitrogens with one attached hydrogen (secondary N) is 1. The number of hydrogen-bond acceptors (Lipinski definition) is 11. The number of carbonyl (C=O) groups is 4. The molecule has 7 rings (SSSR count). The number of amides is 3. The van der Waals surface area contributed by atoms with Gasteiger partial charge in [0.05, 0.1) is 32.3 Å². The summed E-state index contributed by atoms with van der Waals surface area (Å²) >= 11 is 6.89. The monoisotopic (exact) mass is 827 g/mol. The predicted molar refractivity (Wildman–Crippen MR) is 214 cm³/mol. The highest BCUT2D eigenvalue weighted by Gasteiger charge is 2.48. The van der Waals surface area contributed by atoms with E-state index in [2.05, 4.69) is 15.2 Å². The normalized spacial score (nSPS) is 26.8. The van der Waals surface area contributed by atoms with E-state index in [1.165, 1.54) is 11.3 Å². The molecule has 1 aromatic carbocycles. The van der Waals surface area contributed by atoms with Crippen molar-refractivity contribution >= 4 is 46.4 Å². The van der Waals surface area contributed by atoms with Crippen molar-refractivity contribution in [3.05, 3.63) is 23.2 Å². The summed E-state index contributed by atoms with van der Waals surface area (Å²) in [6.07, 6.45) is 8.07. The second-order valence-corrected chi connectivity index (χ2v) is 17.0. The highest BCUT2D eigenvalue weighted by atomic mass is 35.5. The van der Waals surface area contributed by atoms with Gasteiger partial charge in [-0.25, -0.2) is 9.78 Å². The quantitative estimate of drug-likeness (QED) is 0.140. The number of carboxylic acid groups (broad SMARTS) is 1. The number of unbranched alkanes of at least 4 members (excludes halogenated alkanes) is 4. The van der Waals surface area contributed by atoms with E-state index >= 15 is 0 Å². The van der Waals surface area contributed by atoms with Gasteiger partial charge in [0.1, 0.15) is 52.9 Å². The smallest absolute Gasteiger partial charge is 0.408 e. The van der Waals surface area contributed by atoms with E-state index in [1.54, 1.807) is 12.1 Å². The molecule has 2 aliphatic heterocycles. The van der Waals surface area contributed by atoms with Crippen molar-refractivity contribution in [3.8, 4) is 17.4 Å². The third kappa shape index (κ3) is 10.7. The van der Waals surface area contributed by atoms with Crippen LogP contribution in [0.15, 0.2) is 18.2 Å². The van der Waals surface area contributed by atoms with Crippen molar-refractivity contribution in [3.63, 3.8) is 0 Å². The number of likely N-dealkylation sites (tertiary alicyclic amines) is 1. The van der Waals surface area contributed by atoms with Gasteiger partial charge < -0.3 is 44.7 Å². The number of aromatic nitrogens is 1. The lowest BCUT2D eigenvalue weighted by atomic mass is 10.0. The van der Waals surface area contributed by atoms with Crippen molar-refractivity contribution in [2.75, 3.05) is 52.6 Å². The molecule has 3 aliphatic carbocycles. The summed E-state index contributed by atoms with van der Waals surface area (Å²) < 4.78 is 29.6. The fraction of sp³-hybridized carbons (Fsp3) is 0.690. The number of hydrogen-bond donors (Lipinski definition) is 3. The van der Waals surface area contributed by atoms with Crippen molar-refractivity contribution < 1.29 is 48.0 Å². The molecule has 0 bridgehead atoms. The number of aliphatic carboxylic acids is 1. The van der Waals surface area contributed by atoms with Crippen LogP contribution in [0.4, 0.5) is 4.79 Å². The van der Waals surface area contributed by atoms with E-state index in [4.69, 9.17) is 46.1 Å². The van der Waals surface area contributed by atoms with Crippen LogP contribution in [-0.2, 0) is 23.9 Å². The first kappa shape index (κ1) is 42.1. The Morgan fingerprint density at radius 3 is 2.47 bits per heavy atom. The van der Waals surface area contributed by atoms with Crippen LogP contribution in [0.2, 0.25) is 5.02 Å². The van der Waals surface area contributed by atoms with E-state index in [0.29, 0.717) is 84.4 Å². The molecular formula is C42H58ClN5O10. The van der Waals surface area contributed by atoms with E-state index in [0.717, 1.165) is 71.0 Å². The minimum absolute atomic E-state index is 0.0639. The van der Waals surface area contributed by atoms with Crippen LogP contribution in [0.25, 0.3) is 10.9 Å². The summed E-state index contributed by atoms with van der Waals surface area (Å²) in [4.78, 5) is 59.9. The lowest BCUT2D eigenvalue weighted by molar-refractivity contribution is -0.139. The van der Waals surface area contributed by atoms with E-state index in [-0.39, 0.29) is 30.9 Å². The minimum Gasteiger partial charge on any atom is -0.491 e. The highest BCUT2D eigenvalue weighted by molar-refractivity contribution is 6.36. The Morgan fingerprint density at radius 2 is 1.74 bits per heavy atom. The van der Waals surface area contributed by atoms with Crippen LogP contribution in [0.3, 0.4) is 0 Å². The summed E-state index contributed by atoms with van der Waals surface area (Å²) in [6.45, 7) is 6.53. The molecule has 8 atom stereocenters. The summed E-state index contributed by atoms with van der Waals surface area (Å²) in [7, 11) is 0. The van der Waals surface area contributed by atoms with Gasteiger partial charge in [0.25, 0.3) is 0 Å². The van der Waals surface area contributed by atoms with Crippen LogP contribution < -0.4 is 25.3 Å². The van der Waals surface area contributed by atoms with Crippen LogP contribution in [0.5, 0.6) is 17.4 Å². The zero-order chi connectivity index (χ0) is 40.8. The molecule has 1 unspecified atom stereocenters. The molecule has 1 aromatic heterocycles. The molecule has 4 N–H and O–H groups in total. The van der Waals surface area contributed by atoms with Gasteiger partial charge >= 0.3 is 12.1 Å². The largest absolute Gasteiger partial charge is 0.491 e. The molecular weight excluding hydrogens is 770 g/mol. The second-order valence-electron chi connectivity index (χ2n) is 16.6. The zero-order valence-electron chi connectivity index (χ0n) is 33.4.